The van der Waals surface area contributed by atoms with Gasteiger partial charge in [-0.15, -0.1) is 6.58 Å². The van der Waals surface area contributed by atoms with Crippen molar-refractivity contribution >= 4 is 21.8 Å². The van der Waals surface area contributed by atoms with Crippen molar-refractivity contribution in [1.29, 1.82) is 0 Å². The summed E-state index contributed by atoms with van der Waals surface area (Å²) in [6, 6.07) is 7.45. The number of hydrogen-bond acceptors (Lipinski definition) is 6. The zero-order chi connectivity index (χ0) is 17.3. The Morgan fingerprint density at radius 1 is 1.26 bits per heavy atom. The minimum atomic E-state index is -4.03. The van der Waals surface area contributed by atoms with Crippen molar-refractivity contribution in [2.75, 3.05) is 13.7 Å². The molecule has 0 spiro atoms. The van der Waals surface area contributed by atoms with Gasteiger partial charge in [0.2, 0.25) is 0 Å². The van der Waals surface area contributed by atoms with Crippen LogP contribution in [0.25, 0.3) is 0 Å². The monoisotopic (exact) mass is 340 g/mol. The highest BCUT2D eigenvalue weighted by Gasteiger charge is 2.37. The molecule has 0 aliphatic carbocycles. The van der Waals surface area contributed by atoms with Crippen LogP contribution in [0.1, 0.15) is 19.3 Å². The van der Waals surface area contributed by atoms with E-state index in [0.29, 0.717) is 12.8 Å². The fraction of sp³-hybridized carbons (Fsp3) is 0.375. The van der Waals surface area contributed by atoms with Crippen molar-refractivity contribution in [3.8, 4) is 0 Å². The third kappa shape index (κ3) is 5.52. The molecule has 1 aromatic carbocycles. The van der Waals surface area contributed by atoms with Crippen LogP contribution < -0.4 is 0 Å². The molecule has 0 aromatic heterocycles. The van der Waals surface area contributed by atoms with Crippen LogP contribution in [0.3, 0.4) is 0 Å². The van der Waals surface area contributed by atoms with E-state index in [1.54, 1.807) is 12.1 Å². The van der Waals surface area contributed by atoms with Crippen molar-refractivity contribution in [3.05, 3.63) is 43.0 Å². The maximum Gasteiger partial charge on any atom is 0.325 e. The van der Waals surface area contributed by atoms with Crippen LogP contribution in [0.5, 0.6) is 0 Å². The van der Waals surface area contributed by atoms with Crippen LogP contribution in [0.2, 0.25) is 0 Å². The highest BCUT2D eigenvalue weighted by atomic mass is 32.2. The van der Waals surface area contributed by atoms with Gasteiger partial charge in [-0.3, -0.25) is 9.59 Å². The third-order valence-corrected chi connectivity index (χ3v) is 5.12. The summed E-state index contributed by atoms with van der Waals surface area (Å²) < 4.78 is 34.5. The van der Waals surface area contributed by atoms with E-state index >= 15 is 0 Å². The van der Waals surface area contributed by atoms with Gasteiger partial charge in [-0.2, -0.15) is 0 Å². The predicted molar refractivity (Wildman–Crippen MR) is 84.4 cm³/mol. The predicted octanol–water partition coefficient (Wildman–Crippen LogP) is 1.90. The van der Waals surface area contributed by atoms with Crippen molar-refractivity contribution in [1.82, 2.24) is 0 Å². The lowest BCUT2D eigenvalue weighted by atomic mass is 10.3. The van der Waals surface area contributed by atoms with E-state index in [4.69, 9.17) is 4.74 Å². The lowest BCUT2D eigenvalue weighted by Gasteiger charge is -2.15. The van der Waals surface area contributed by atoms with Gasteiger partial charge in [0.05, 0.1) is 25.0 Å². The Morgan fingerprint density at radius 2 is 1.91 bits per heavy atom. The van der Waals surface area contributed by atoms with Gasteiger partial charge in [0.25, 0.3) is 0 Å². The van der Waals surface area contributed by atoms with Gasteiger partial charge in [-0.1, -0.05) is 24.3 Å². The Labute approximate surface area is 136 Å². The van der Waals surface area contributed by atoms with Crippen LogP contribution in [0.4, 0.5) is 0 Å². The van der Waals surface area contributed by atoms with Gasteiger partial charge >= 0.3 is 11.9 Å². The number of unbranched alkanes of at least 4 members (excludes halogenated alkanes) is 1. The van der Waals surface area contributed by atoms with Crippen LogP contribution >= 0.6 is 0 Å². The fourth-order valence-electron chi connectivity index (χ4n) is 1.85. The summed E-state index contributed by atoms with van der Waals surface area (Å²) in [5.41, 5.74) is 0. The van der Waals surface area contributed by atoms with Crippen molar-refractivity contribution < 1.29 is 27.5 Å². The first kappa shape index (κ1) is 18.9. The largest absolute Gasteiger partial charge is 0.468 e. The molecule has 7 heteroatoms. The molecule has 0 N–H and O–H groups in total. The number of rotatable bonds is 9. The quantitative estimate of drug-likeness (QED) is 0.388. The zero-order valence-electron chi connectivity index (χ0n) is 12.9. The van der Waals surface area contributed by atoms with Gasteiger partial charge in [0.15, 0.2) is 15.1 Å². The number of ether oxygens (including phenoxy) is 2. The van der Waals surface area contributed by atoms with Crippen molar-refractivity contribution in [2.24, 2.45) is 0 Å². The second-order valence-corrected chi connectivity index (χ2v) is 6.86. The molecule has 1 unspecified atom stereocenters. The molecule has 0 fully saturated rings. The first-order chi connectivity index (χ1) is 10.9. The molecular weight excluding hydrogens is 320 g/mol. The SMILES string of the molecule is C=CCCCOC(=O)CC(C(=O)OC)S(=O)(=O)c1ccccc1. The molecule has 0 bridgehead atoms. The highest BCUT2D eigenvalue weighted by molar-refractivity contribution is 7.92. The summed E-state index contributed by atoms with van der Waals surface area (Å²) in [6.07, 6.45) is 2.36. The average Bonchev–Trinajstić information content (AvgIpc) is 2.56. The number of hydrogen-bond donors (Lipinski definition) is 0. The van der Waals surface area contributed by atoms with Crippen LogP contribution in [0, 0.1) is 0 Å². The van der Waals surface area contributed by atoms with Gasteiger partial charge in [0.1, 0.15) is 0 Å². The van der Waals surface area contributed by atoms with E-state index in [9.17, 15) is 18.0 Å². The number of allylic oxidation sites excluding steroid dienone is 1. The molecule has 0 radical (unpaired) electrons. The molecule has 1 aromatic rings. The molecule has 126 valence electrons. The second kappa shape index (κ2) is 9.09. The van der Waals surface area contributed by atoms with Crippen LogP contribution in [0.15, 0.2) is 47.9 Å². The van der Waals surface area contributed by atoms with E-state index < -0.39 is 33.4 Å². The number of esters is 2. The van der Waals surface area contributed by atoms with Crippen LogP contribution in [-0.2, 0) is 28.9 Å². The number of carbonyl (C=O) groups is 2. The topological polar surface area (TPSA) is 86.7 Å². The zero-order valence-corrected chi connectivity index (χ0v) is 13.8. The Bertz CT molecular complexity index is 636. The average molecular weight is 340 g/mol. The minimum absolute atomic E-state index is 0.0464. The van der Waals surface area contributed by atoms with E-state index in [1.807, 2.05) is 0 Å². The molecule has 0 saturated heterocycles. The minimum Gasteiger partial charge on any atom is -0.468 e. The summed E-state index contributed by atoms with van der Waals surface area (Å²) in [5, 5.41) is -1.62. The van der Waals surface area contributed by atoms with E-state index in [-0.39, 0.29) is 11.5 Å². The molecule has 6 nitrogen and oxygen atoms in total. The van der Waals surface area contributed by atoms with Gasteiger partial charge in [-0.25, -0.2) is 8.42 Å². The standard InChI is InChI=1S/C16H20O6S/c1-3-4-8-11-22-15(17)12-14(16(18)21-2)23(19,20)13-9-6-5-7-10-13/h3,5-7,9-10,14H,1,4,8,11-12H2,2H3. The number of methoxy groups -OCH3 is 1. The molecule has 1 atom stereocenters. The van der Waals surface area contributed by atoms with E-state index in [2.05, 4.69) is 11.3 Å². The van der Waals surface area contributed by atoms with Gasteiger partial charge < -0.3 is 9.47 Å². The molecule has 0 aliphatic rings. The van der Waals surface area contributed by atoms with Crippen LogP contribution in [-0.4, -0.2) is 39.3 Å². The Balaban J connectivity index is 2.87. The Morgan fingerprint density at radius 3 is 2.48 bits per heavy atom. The summed E-state index contributed by atoms with van der Waals surface area (Å²) in [7, 11) is -2.96. The lowest BCUT2D eigenvalue weighted by molar-refractivity contribution is -0.148. The second-order valence-electron chi connectivity index (χ2n) is 4.73. The molecule has 0 heterocycles. The smallest absolute Gasteiger partial charge is 0.325 e. The summed E-state index contributed by atoms with van der Waals surface area (Å²) in [4.78, 5) is 23.6. The molecule has 1 rings (SSSR count). The maximum atomic E-state index is 12.5. The summed E-state index contributed by atoms with van der Waals surface area (Å²) in [6.45, 7) is 3.69. The highest BCUT2D eigenvalue weighted by Crippen LogP contribution is 2.20. The molecule has 0 aliphatic heterocycles. The fourth-order valence-corrected chi connectivity index (χ4v) is 3.42. The summed E-state index contributed by atoms with van der Waals surface area (Å²) >= 11 is 0. The molecular formula is C16H20O6S. The van der Waals surface area contributed by atoms with Crippen molar-refractivity contribution in [2.45, 2.75) is 29.4 Å². The number of carbonyl (C=O) groups excluding carboxylic acids is 2. The molecule has 0 amide bonds. The van der Waals surface area contributed by atoms with Crippen molar-refractivity contribution in [3.63, 3.8) is 0 Å². The third-order valence-electron chi connectivity index (χ3n) is 3.08. The molecule has 0 saturated carbocycles. The molecule has 23 heavy (non-hydrogen) atoms. The van der Waals surface area contributed by atoms with Gasteiger partial charge in [0, 0.05) is 0 Å². The first-order valence-electron chi connectivity index (χ1n) is 7.06. The van der Waals surface area contributed by atoms with E-state index in [1.165, 1.54) is 24.3 Å². The number of benzene rings is 1. The first-order valence-corrected chi connectivity index (χ1v) is 8.61. The number of sulfone groups is 1. The normalized spacial score (nSPS) is 12.2. The summed E-state index contributed by atoms with van der Waals surface area (Å²) in [5.74, 6) is -1.75. The van der Waals surface area contributed by atoms with E-state index in [0.717, 1.165) is 7.11 Å². The maximum absolute atomic E-state index is 12.5. The Hall–Kier alpha value is -2.15. The van der Waals surface area contributed by atoms with Gasteiger partial charge in [-0.05, 0) is 25.0 Å². The lowest BCUT2D eigenvalue weighted by Crippen LogP contribution is -2.34. The Kier molecular flexibility index (Phi) is 7.47.